The van der Waals surface area contributed by atoms with Crippen LogP contribution in [0.3, 0.4) is 0 Å². The summed E-state index contributed by atoms with van der Waals surface area (Å²) in [6.45, 7) is 3.88. The number of hydrogen-bond acceptors (Lipinski definition) is 2. The van der Waals surface area contributed by atoms with Crippen LogP contribution < -0.4 is 5.73 Å². The van der Waals surface area contributed by atoms with Gasteiger partial charge in [-0.15, -0.1) is 0 Å². The molecule has 1 heterocycles. The lowest BCUT2D eigenvalue weighted by Gasteiger charge is -2.17. The molecule has 0 aliphatic rings. The first-order valence-electron chi connectivity index (χ1n) is 7.88. The topological polar surface area (TPSA) is 60.9 Å². The number of primary amides is 1. The van der Waals surface area contributed by atoms with E-state index in [9.17, 15) is 4.79 Å². The number of hydrogen-bond donors (Lipinski definition) is 1. The number of aryl methyl sites for hydroxylation is 1. The Morgan fingerprint density at radius 1 is 1.04 bits per heavy atom. The molecule has 0 radical (unpaired) electrons. The van der Waals surface area contributed by atoms with Crippen molar-refractivity contribution in [2.45, 2.75) is 19.9 Å². The van der Waals surface area contributed by atoms with Crippen molar-refractivity contribution in [1.82, 2.24) is 9.78 Å². The molecule has 0 aliphatic carbocycles. The van der Waals surface area contributed by atoms with E-state index in [0.717, 1.165) is 22.4 Å². The van der Waals surface area contributed by atoms with Crippen molar-refractivity contribution in [3.63, 3.8) is 0 Å². The quantitative estimate of drug-likeness (QED) is 0.617. The van der Waals surface area contributed by atoms with Crippen LogP contribution in [-0.2, 0) is 0 Å². The van der Waals surface area contributed by atoms with Gasteiger partial charge in [-0.25, -0.2) is 0 Å². The molecule has 1 unspecified atom stereocenters. The van der Waals surface area contributed by atoms with Gasteiger partial charge in [-0.2, -0.15) is 5.10 Å². The molecule has 4 nitrogen and oxygen atoms in total. The van der Waals surface area contributed by atoms with E-state index in [1.165, 1.54) is 0 Å². The SMILES string of the molecule is Cc1cc(-c2cc(C(N)=O)nn2C(C)c2ccc(Cl)c(Cl)c2)ccc1Cl. The van der Waals surface area contributed by atoms with Crippen LogP contribution in [0.1, 0.15) is 34.6 Å². The summed E-state index contributed by atoms with van der Waals surface area (Å²) in [5.74, 6) is -0.586. The molecule has 7 heteroatoms. The Morgan fingerprint density at radius 2 is 1.73 bits per heavy atom. The van der Waals surface area contributed by atoms with Gasteiger partial charge in [-0.3, -0.25) is 9.48 Å². The lowest BCUT2D eigenvalue weighted by Crippen LogP contribution is -2.14. The fraction of sp³-hybridized carbons (Fsp3) is 0.158. The summed E-state index contributed by atoms with van der Waals surface area (Å²) in [5, 5.41) is 6.01. The summed E-state index contributed by atoms with van der Waals surface area (Å²) in [7, 11) is 0. The average Bonchev–Trinajstić information content (AvgIpc) is 3.04. The van der Waals surface area contributed by atoms with Crippen LogP contribution in [0, 0.1) is 6.92 Å². The van der Waals surface area contributed by atoms with Crippen molar-refractivity contribution in [2.75, 3.05) is 0 Å². The Labute approximate surface area is 166 Å². The van der Waals surface area contributed by atoms with Gasteiger partial charge in [0.2, 0.25) is 0 Å². The minimum Gasteiger partial charge on any atom is -0.364 e. The van der Waals surface area contributed by atoms with Gasteiger partial charge in [0, 0.05) is 10.6 Å². The molecule has 3 rings (SSSR count). The van der Waals surface area contributed by atoms with Gasteiger partial charge in [0.1, 0.15) is 0 Å². The van der Waals surface area contributed by atoms with E-state index in [1.807, 2.05) is 38.1 Å². The number of amides is 1. The molecule has 134 valence electrons. The Bertz CT molecular complexity index is 998. The lowest BCUT2D eigenvalue weighted by atomic mass is 10.1. The molecule has 0 fully saturated rings. The van der Waals surface area contributed by atoms with E-state index in [4.69, 9.17) is 40.5 Å². The van der Waals surface area contributed by atoms with E-state index < -0.39 is 5.91 Å². The van der Waals surface area contributed by atoms with Crippen molar-refractivity contribution in [3.05, 3.63) is 74.4 Å². The number of nitrogens with two attached hydrogens (primary N) is 1. The molecule has 0 saturated carbocycles. The molecule has 0 spiro atoms. The van der Waals surface area contributed by atoms with Crippen LogP contribution >= 0.6 is 34.8 Å². The number of aromatic nitrogens is 2. The van der Waals surface area contributed by atoms with E-state index in [0.29, 0.717) is 15.1 Å². The van der Waals surface area contributed by atoms with Gasteiger partial charge in [0.15, 0.2) is 5.69 Å². The minimum atomic E-state index is -0.586. The van der Waals surface area contributed by atoms with E-state index >= 15 is 0 Å². The second kappa shape index (κ2) is 7.31. The highest BCUT2D eigenvalue weighted by Gasteiger charge is 2.19. The number of rotatable bonds is 4. The zero-order valence-electron chi connectivity index (χ0n) is 14.1. The smallest absolute Gasteiger partial charge is 0.269 e. The summed E-state index contributed by atoms with van der Waals surface area (Å²) in [5.41, 5.74) is 9.12. The maximum absolute atomic E-state index is 11.7. The first-order valence-corrected chi connectivity index (χ1v) is 9.02. The molecular formula is C19H16Cl3N3O. The van der Waals surface area contributed by atoms with Gasteiger partial charge in [-0.05, 0) is 55.3 Å². The van der Waals surface area contributed by atoms with Crippen molar-refractivity contribution < 1.29 is 4.79 Å². The van der Waals surface area contributed by atoms with Gasteiger partial charge in [0.25, 0.3) is 5.91 Å². The fourth-order valence-electron chi connectivity index (χ4n) is 2.74. The lowest BCUT2D eigenvalue weighted by molar-refractivity contribution is 0.0994. The number of carbonyl (C=O) groups is 1. The largest absolute Gasteiger partial charge is 0.364 e. The van der Waals surface area contributed by atoms with Crippen LogP contribution in [0.5, 0.6) is 0 Å². The minimum absolute atomic E-state index is 0.191. The van der Waals surface area contributed by atoms with Crippen LogP contribution in [0.25, 0.3) is 11.3 Å². The highest BCUT2D eigenvalue weighted by Crippen LogP contribution is 2.32. The van der Waals surface area contributed by atoms with Crippen molar-refractivity contribution in [3.8, 4) is 11.3 Å². The number of benzene rings is 2. The van der Waals surface area contributed by atoms with Crippen LogP contribution in [-0.4, -0.2) is 15.7 Å². The second-order valence-corrected chi connectivity index (χ2v) is 7.26. The first kappa shape index (κ1) is 18.8. The Balaban J connectivity index is 2.14. The maximum Gasteiger partial charge on any atom is 0.269 e. The van der Waals surface area contributed by atoms with Crippen LogP contribution in [0.15, 0.2) is 42.5 Å². The first-order chi connectivity index (χ1) is 12.3. The molecule has 1 atom stereocenters. The summed E-state index contributed by atoms with van der Waals surface area (Å²) >= 11 is 18.3. The van der Waals surface area contributed by atoms with Gasteiger partial charge in [-0.1, -0.05) is 46.9 Å². The molecule has 1 amide bonds. The standard InChI is InChI=1S/C19H16Cl3N3O/c1-10-7-13(4-5-14(10)20)18-9-17(19(23)26)24-25(18)11(2)12-3-6-15(21)16(22)8-12/h3-9,11H,1-2H3,(H2,23,26). The predicted octanol–water partition coefficient (Wildman–Crippen LogP) is 5.53. The molecule has 0 bridgehead atoms. The summed E-state index contributed by atoms with van der Waals surface area (Å²) in [6, 6.07) is 12.5. The highest BCUT2D eigenvalue weighted by atomic mass is 35.5. The third-order valence-corrected chi connectivity index (χ3v) is 5.40. The van der Waals surface area contributed by atoms with Crippen LogP contribution in [0.2, 0.25) is 15.1 Å². The number of carbonyl (C=O) groups excluding carboxylic acids is 1. The average molecular weight is 409 g/mol. The fourth-order valence-corrected chi connectivity index (χ4v) is 3.17. The number of halogens is 3. The van der Waals surface area contributed by atoms with Crippen LogP contribution in [0.4, 0.5) is 0 Å². The molecule has 0 saturated heterocycles. The summed E-state index contributed by atoms with van der Waals surface area (Å²) in [6.07, 6.45) is 0. The second-order valence-electron chi connectivity index (χ2n) is 6.04. The summed E-state index contributed by atoms with van der Waals surface area (Å²) < 4.78 is 1.75. The normalized spacial score (nSPS) is 12.2. The highest BCUT2D eigenvalue weighted by molar-refractivity contribution is 6.42. The Kier molecular flexibility index (Phi) is 5.28. The van der Waals surface area contributed by atoms with E-state index in [1.54, 1.807) is 22.9 Å². The Hall–Kier alpha value is -2.01. The van der Waals surface area contributed by atoms with E-state index in [-0.39, 0.29) is 11.7 Å². The zero-order chi connectivity index (χ0) is 19.0. The van der Waals surface area contributed by atoms with Crippen molar-refractivity contribution >= 4 is 40.7 Å². The third kappa shape index (κ3) is 3.58. The molecule has 3 aromatic rings. The third-order valence-electron chi connectivity index (χ3n) is 4.23. The predicted molar refractivity (Wildman–Crippen MR) is 106 cm³/mol. The summed E-state index contributed by atoms with van der Waals surface area (Å²) in [4.78, 5) is 11.7. The molecule has 1 aromatic heterocycles. The van der Waals surface area contributed by atoms with Crippen molar-refractivity contribution in [1.29, 1.82) is 0 Å². The molecule has 2 N–H and O–H groups in total. The molecule has 0 aliphatic heterocycles. The number of nitrogens with zero attached hydrogens (tertiary/aromatic N) is 2. The molecule has 2 aromatic carbocycles. The molecule has 26 heavy (non-hydrogen) atoms. The van der Waals surface area contributed by atoms with Gasteiger partial charge >= 0.3 is 0 Å². The maximum atomic E-state index is 11.7. The zero-order valence-corrected chi connectivity index (χ0v) is 16.4. The molecular weight excluding hydrogens is 393 g/mol. The van der Waals surface area contributed by atoms with Gasteiger partial charge in [0.05, 0.1) is 21.8 Å². The monoisotopic (exact) mass is 407 g/mol. The van der Waals surface area contributed by atoms with E-state index in [2.05, 4.69) is 5.10 Å². The van der Waals surface area contributed by atoms with Gasteiger partial charge < -0.3 is 5.73 Å². The Morgan fingerprint density at radius 3 is 2.35 bits per heavy atom. The van der Waals surface area contributed by atoms with Crippen molar-refractivity contribution in [2.24, 2.45) is 5.73 Å².